The molecule has 2 aromatic heterocycles. The number of hydrogen-bond acceptors (Lipinski definition) is 4. The lowest BCUT2D eigenvalue weighted by Crippen LogP contribution is -2.27. The minimum absolute atomic E-state index is 0.0464. The fourth-order valence-electron chi connectivity index (χ4n) is 2.41. The van der Waals surface area contributed by atoms with E-state index in [1.165, 1.54) is 5.56 Å². The molecule has 0 fully saturated rings. The van der Waals surface area contributed by atoms with Crippen LogP contribution >= 0.6 is 0 Å². The molecule has 0 aliphatic carbocycles. The molecule has 0 amide bonds. The van der Waals surface area contributed by atoms with Crippen molar-refractivity contribution in [1.29, 1.82) is 0 Å². The Labute approximate surface area is 123 Å². The summed E-state index contributed by atoms with van der Waals surface area (Å²) >= 11 is 0. The number of rotatable bonds is 5. The van der Waals surface area contributed by atoms with Crippen LogP contribution in [0.4, 0.5) is 5.82 Å². The minimum atomic E-state index is -0.0821. The van der Waals surface area contributed by atoms with Gasteiger partial charge in [0.15, 0.2) is 5.82 Å². The van der Waals surface area contributed by atoms with Gasteiger partial charge >= 0.3 is 0 Å². The summed E-state index contributed by atoms with van der Waals surface area (Å²) in [6, 6.07) is 12.0. The van der Waals surface area contributed by atoms with E-state index >= 15 is 0 Å². The van der Waals surface area contributed by atoms with Crippen molar-refractivity contribution < 1.29 is 5.11 Å². The molecule has 3 rings (SSSR count). The largest absolute Gasteiger partial charge is 0.394 e. The van der Waals surface area contributed by atoms with E-state index in [2.05, 4.69) is 27.5 Å². The summed E-state index contributed by atoms with van der Waals surface area (Å²) in [5.41, 5.74) is 3.04. The molecule has 0 radical (unpaired) electrons. The highest BCUT2D eigenvalue weighted by Gasteiger charge is 2.12. The van der Waals surface area contributed by atoms with Gasteiger partial charge in [0, 0.05) is 12.4 Å². The van der Waals surface area contributed by atoms with E-state index in [-0.39, 0.29) is 12.6 Å². The summed E-state index contributed by atoms with van der Waals surface area (Å²) in [7, 11) is 0. The lowest BCUT2D eigenvalue weighted by Gasteiger charge is -2.17. The number of aliphatic hydroxyl groups is 1. The maximum Gasteiger partial charge on any atom is 0.152 e. The van der Waals surface area contributed by atoms with Crippen molar-refractivity contribution >= 4 is 11.3 Å². The van der Waals surface area contributed by atoms with Crippen LogP contribution in [0.25, 0.3) is 5.52 Å². The molecule has 0 spiro atoms. The van der Waals surface area contributed by atoms with E-state index in [1.807, 2.05) is 37.4 Å². The highest BCUT2D eigenvalue weighted by atomic mass is 16.3. The Bertz CT molecular complexity index is 723. The molecular weight excluding hydrogens is 264 g/mol. The first-order valence-corrected chi connectivity index (χ1v) is 6.98. The highest BCUT2D eigenvalue weighted by Crippen LogP contribution is 2.16. The van der Waals surface area contributed by atoms with Crippen LogP contribution in [-0.4, -0.2) is 32.4 Å². The Kier molecular flexibility index (Phi) is 3.83. The molecule has 5 nitrogen and oxygen atoms in total. The lowest BCUT2D eigenvalue weighted by atomic mass is 10.1. The van der Waals surface area contributed by atoms with Gasteiger partial charge in [-0.15, -0.1) is 0 Å². The smallest absolute Gasteiger partial charge is 0.152 e. The van der Waals surface area contributed by atoms with Crippen molar-refractivity contribution in [2.45, 2.75) is 19.4 Å². The molecule has 1 unspecified atom stereocenters. The molecule has 1 aromatic carbocycles. The standard InChI is InChI=1S/C16H18N4O/c1-12-9-15-16(17-7-8-20(15)19-12)18-14(11-21)10-13-5-3-2-4-6-13/h2-9,14,21H,10-11H2,1H3,(H,17,18). The third-order valence-corrected chi connectivity index (χ3v) is 3.40. The molecule has 0 saturated heterocycles. The second kappa shape index (κ2) is 5.93. The van der Waals surface area contributed by atoms with Gasteiger partial charge in [-0.05, 0) is 25.0 Å². The number of nitrogens with one attached hydrogen (secondary N) is 1. The van der Waals surface area contributed by atoms with Gasteiger partial charge in [-0.2, -0.15) is 5.10 Å². The molecule has 3 aromatic rings. The van der Waals surface area contributed by atoms with Gasteiger partial charge < -0.3 is 10.4 Å². The molecule has 108 valence electrons. The van der Waals surface area contributed by atoms with E-state index < -0.39 is 0 Å². The zero-order valence-corrected chi connectivity index (χ0v) is 11.9. The number of anilines is 1. The van der Waals surface area contributed by atoms with Crippen LogP contribution in [0.1, 0.15) is 11.3 Å². The van der Waals surface area contributed by atoms with Gasteiger partial charge in [0.1, 0.15) is 5.52 Å². The van der Waals surface area contributed by atoms with Crippen LogP contribution in [0.3, 0.4) is 0 Å². The van der Waals surface area contributed by atoms with E-state index in [1.54, 1.807) is 10.7 Å². The molecule has 0 bridgehead atoms. The predicted molar refractivity (Wildman–Crippen MR) is 82.4 cm³/mol. The first kappa shape index (κ1) is 13.6. The molecule has 1 atom stereocenters. The van der Waals surface area contributed by atoms with E-state index in [9.17, 15) is 5.11 Å². The van der Waals surface area contributed by atoms with Crippen LogP contribution in [0.5, 0.6) is 0 Å². The van der Waals surface area contributed by atoms with Gasteiger partial charge in [0.25, 0.3) is 0 Å². The van der Waals surface area contributed by atoms with Gasteiger partial charge in [-0.25, -0.2) is 9.50 Å². The van der Waals surface area contributed by atoms with Crippen LogP contribution in [0.15, 0.2) is 48.8 Å². The first-order valence-electron chi connectivity index (χ1n) is 6.98. The van der Waals surface area contributed by atoms with Crippen LogP contribution in [-0.2, 0) is 6.42 Å². The summed E-state index contributed by atoms with van der Waals surface area (Å²) in [5, 5.41) is 17.3. The Morgan fingerprint density at radius 1 is 1.29 bits per heavy atom. The number of aryl methyl sites for hydroxylation is 1. The van der Waals surface area contributed by atoms with Crippen molar-refractivity contribution in [3.8, 4) is 0 Å². The maximum atomic E-state index is 9.61. The summed E-state index contributed by atoms with van der Waals surface area (Å²) in [5.74, 6) is 0.744. The van der Waals surface area contributed by atoms with Gasteiger partial charge in [0.2, 0.25) is 0 Å². The Hall–Kier alpha value is -2.40. The molecule has 0 aliphatic rings. The zero-order valence-electron chi connectivity index (χ0n) is 11.9. The Morgan fingerprint density at radius 2 is 2.10 bits per heavy atom. The zero-order chi connectivity index (χ0) is 14.7. The first-order chi connectivity index (χ1) is 10.3. The van der Waals surface area contributed by atoms with Gasteiger partial charge in [-0.1, -0.05) is 30.3 Å². The topological polar surface area (TPSA) is 62.5 Å². The quantitative estimate of drug-likeness (QED) is 0.752. The van der Waals surface area contributed by atoms with Crippen LogP contribution in [0, 0.1) is 6.92 Å². The second-order valence-corrected chi connectivity index (χ2v) is 5.10. The molecule has 2 heterocycles. The van der Waals surface area contributed by atoms with Crippen LogP contribution < -0.4 is 5.32 Å². The maximum absolute atomic E-state index is 9.61. The molecule has 0 saturated carbocycles. The van der Waals surface area contributed by atoms with Crippen molar-refractivity contribution in [3.63, 3.8) is 0 Å². The number of benzene rings is 1. The van der Waals surface area contributed by atoms with Gasteiger partial charge in [0.05, 0.1) is 18.3 Å². The average Bonchev–Trinajstić information content (AvgIpc) is 2.89. The fraction of sp³-hybridized carbons (Fsp3) is 0.250. The third-order valence-electron chi connectivity index (χ3n) is 3.40. The molecule has 2 N–H and O–H groups in total. The van der Waals surface area contributed by atoms with Gasteiger partial charge in [-0.3, -0.25) is 0 Å². The van der Waals surface area contributed by atoms with Crippen molar-refractivity contribution in [1.82, 2.24) is 14.6 Å². The molecule has 5 heteroatoms. The van der Waals surface area contributed by atoms with Crippen LogP contribution in [0.2, 0.25) is 0 Å². The summed E-state index contributed by atoms with van der Waals surface area (Å²) < 4.78 is 1.79. The second-order valence-electron chi connectivity index (χ2n) is 5.10. The number of aliphatic hydroxyl groups excluding tert-OH is 1. The summed E-state index contributed by atoms with van der Waals surface area (Å²) in [6.07, 6.45) is 4.27. The number of fused-ring (bicyclic) bond motifs is 1. The normalized spacial score (nSPS) is 12.5. The summed E-state index contributed by atoms with van der Waals surface area (Å²) in [4.78, 5) is 4.37. The number of nitrogens with zero attached hydrogens (tertiary/aromatic N) is 3. The van der Waals surface area contributed by atoms with Crippen molar-refractivity contribution in [3.05, 3.63) is 60.0 Å². The lowest BCUT2D eigenvalue weighted by molar-refractivity contribution is 0.273. The number of hydrogen-bond donors (Lipinski definition) is 2. The minimum Gasteiger partial charge on any atom is -0.394 e. The van der Waals surface area contributed by atoms with Crippen molar-refractivity contribution in [2.75, 3.05) is 11.9 Å². The Balaban J connectivity index is 1.82. The highest BCUT2D eigenvalue weighted by molar-refractivity contribution is 5.68. The van der Waals surface area contributed by atoms with E-state index in [0.717, 1.165) is 23.4 Å². The van der Waals surface area contributed by atoms with E-state index in [4.69, 9.17) is 0 Å². The summed E-state index contributed by atoms with van der Waals surface area (Å²) in [6.45, 7) is 2.00. The Morgan fingerprint density at radius 3 is 2.86 bits per heavy atom. The molecule has 0 aliphatic heterocycles. The monoisotopic (exact) mass is 282 g/mol. The van der Waals surface area contributed by atoms with Crippen molar-refractivity contribution in [2.24, 2.45) is 0 Å². The molecular formula is C16H18N4O. The SMILES string of the molecule is Cc1cc2c(NC(CO)Cc3ccccc3)nccn2n1. The number of aromatic nitrogens is 3. The fourth-order valence-corrected chi connectivity index (χ4v) is 2.41. The average molecular weight is 282 g/mol. The molecule has 21 heavy (non-hydrogen) atoms. The third kappa shape index (κ3) is 3.03. The predicted octanol–water partition coefficient (Wildman–Crippen LogP) is 2.05. The van der Waals surface area contributed by atoms with E-state index in [0.29, 0.717) is 0 Å².